The summed E-state index contributed by atoms with van der Waals surface area (Å²) in [5.74, 6) is 1.72. The summed E-state index contributed by atoms with van der Waals surface area (Å²) in [4.78, 5) is 22.4. The first kappa shape index (κ1) is 21.9. The summed E-state index contributed by atoms with van der Waals surface area (Å²) in [7, 11) is 1.63. The van der Waals surface area contributed by atoms with Crippen LogP contribution in [0, 0.1) is 6.92 Å². The monoisotopic (exact) mass is 434 g/mol. The van der Waals surface area contributed by atoms with Crippen LogP contribution in [0.1, 0.15) is 29.8 Å². The Bertz CT molecular complexity index is 1120. The van der Waals surface area contributed by atoms with E-state index in [0.717, 1.165) is 49.0 Å². The second-order valence-electron chi connectivity index (χ2n) is 8.02. The minimum absolute atomic E-state index is 0.0391. The summed E-state index contributed by atoms with van der Waals surface area (Å²) < 4.78 is 7.16. The number of anilines is 1. The van der Waals surface area contributed by atoms with Crippen molar-refractivity contribution in [2.24, 2.45) is 0 Å². The van der Waals surface area contributed by atoms with Crippen molar-refractivity contribution in [3.63, 3.8) is 0 Å². The lowest BCUT2D eigenvalue weighted by molar-refractivity contribution is 0.206. The smallest absolute Gasteiger partial charge is 0.259 e. The number of aromatic hydroxyl groups is 1. The number of methoxy groups -OCH3 is 1. The fourth-order valence-electron chi connectivity index (χ4n) is 4.54. The zero-order chi connectivity index (χ0) is 22.7. The molecule has 1 aliphatic rings. The third-order valence-corrected chi connectivity index (χ3v) is 6.17. The van der Waals surface area contributed by atoms with Crippen LogP contribution in [-0.4, -0.2) is 52.8 Å². The Balaban J connectivity index is 1.74. The molecule has 168 valence electrons. The van der Waals surface area contributed by atoms with Crippen LogP contribution in [-0.2, 0) is 6.54 Å². The molecule has 0 bridgehead atoms. The Morgan fingerprint density at radius 1 is 1.09 bits per heavy atom. The molecule has 1 aromatic carbocycles. The molecule has 32 heavy (non-hydrogen) atoms. The van der Waals surface area contributed by atoms with Gasteiger partial charge in [0.25, 0.3) is 5.56 Å². The lowest BCUT2D eigenvalue weighted by atomic mass is 9.95. The van der Waals surface area contributed by atoms with Gasteiger partial charge in [-0.1, -0.05) is 18.2 Å². The molecule has 2 aromatic heterocycles. The summed E-state index contributed by atoms with van der Waals surface area (Å²) in [5, 5.41) is 10.9. The van der Waals surface area contributed by atoms with Gasteiger partial charge in [0.2, 0.25) is 0 Å². The number of ether oxygens (including phenoxy) is 1. The van der Waals surface area contributed by atoms with Crippen LogP contribution >= 0.6 is 0 Å². The van der Waals surface area contributed by atoms with Crippen molar-refractivity contribution in [3.05, 3.63) is 81.9 Å². The van der Waals surface area contributed by atoms with Crippen molar-refractivity contribution >= 4 is 5.82 Å². The zero-order valence-electron chi connectivity index (χ0n) is 18.9. The third kappa shape index (κ3) is 4.21. The van der Waals surface area contributed by atoms with E-state index >= 15 is 0 Å². The molecular weight excluding hydrogens is 404 g/mol. The normalized spacial score (nSPS) is 15.5. The van der Waals surface area contributed by atoms with Gasteiger partial charge in [0.15, 0.2) is 0 Å². The van der Waals surface area contributed by atoms with Crippen LogP contribution in [0.5, 0.6) is 11.5 Å². The van der Waals surface area contributed by atoms with E-state index in [2.05, 4.69) is 14.8 Å². The maximum atomic E-state index is 13.5. The molecule has 3 aromatic rings. The second-order valence-corrected chi connectivity index (χ2v) is 8.02. The number of aryl methyl sites for hydroxylation is 1. The van der Waals surface area contributed by atoms with Crippen LogP contribution in [0.3, 0.4) is 0 Å². The van der Waals surface area contributed by atoms with E-state index in [4.69, 9.17) is 4.74 Å². The van der Waals surface area contributed by atoms with Gasteiger partial charge in [-0.2, -0.15) is 0 Å². The van der Waals surface area contributed by atoms with Crippen LogP contribution < -0.4 is 15.2 Å². The van der Waals surface area contributed by atoms with Crippen LogP contribution in [0.4, 0.5) is 5.82 Å². The Kier molecular flexibility index (Phi) is 6.46. The molecule has 1 atom stereocenters. The number of benzene rings is 1. The SMILES string of the molecule is CCn1c(C)cc(O)c([C@H](c2cccc(OC)c2)N2CCN(c3ccccn3)CC2)c1=O. The van der Waals surface area contributed by atoms with E-state index in [1.165, 1.54) is 0 Å². The first-order chi connectivity index (χ1) is 15.5. The molecule has 0 aliphatic carbocycles. The molecule has 3 heterocycles. The van der Waals surface area contributed by atoms with Gasteiger partial charge in [-0.15, -0.1) is 0 Å². The number of piperazine rings is 1. The van der Waals surface area contributed by atoms with Crippen molar-refractivity contribution < 1.29 is 9.84 Å². The van der Waals surface area contributed by atoms with E-state index in [9.17, 15) is 9.90 Å². The van der Waals surface area contributed by atoms with Crippen LogP contribution in [0.15, 0.2) is 59.5 Å². The molecule has 1 N–H and O–H groups in total. The molecule has 7 nitrogen and oxygen atoms in total. The van der Waals surface area contributed by atoms with E-state index in [0.29, 0.717) is 12.1 Å². The van der Waals surface area contributed by atoms with Gasteiger partial charge < -0.3 is 19.3 Å². The molecule has 7 heteroatoms. The fraction of sp³-hybridized carbons (Fsp3) is 0.360. The number of rotatable bonds is 6. The minimum atomic E-state index is -0.373. The average molecular weight is 435 g/mol. The minimum Gasteiger partial charge on any atom is -0.507 e. The number of pyridine rings is 2. The Hall–Kier alpha value is -3.32. The molecule has 0 amide bonds. The number of hydrogen-bond acceptors (Lipinski definition) is 6. The third-order valence-electron chi connectivity index (χ3n) is 6.17. The van der Waals surface area contributed by atoms with Gasteiger partial charge in [0, 0.05) is 44.6 Å². The largest absolute Gasteiger partial charge is 0.507 e. The summed E-state index contributed by atoms with van der Waals surface area (Å²) in [5.41, 5.74) is 1.94. The summed E-state index contributed by atoms with van der Waals surface area (Å²) in [6.45, 7) is 7.38. The molecule has 4 rings (SSSR count). The Morgan fingerprint density at radius 3 is 2.53 bits per heavy atom. The quantitative estimate of drug-likeness (QED) is 0.643. The first-order valence-corrected chi connectivity index (χ1v) is 11.0. The molecule has 0 radical (unpaired) electrons. The van der Waals surface area contributed by atoms with E-state index in [1.54, 1.807) is 23.9 Å². The van der Waals surface area contributed by atoms with Crippen LogP contribution in [0.2, 0.25) is 0 Å². The topological polar surface area (TPSA) is 70.8 Å². The molecule has 0 unspecified atom stereocenters. The van der Waals surface area contributed by atoms with Gasteiger partial charge >= 0.3 is 0 Å². The maximum Gasteiger partial charge on any atom is 0.259 e. The van der Waals surface area contributed by atoms with Crippen molar-refractivity contribution in [2.45, 2.75) is 26.4 Å². The summed E-state index contributed by atoms with van der Waals surface area (Å²) in [6, 6.07) is 15.0. The summed E-state index contributed by atoms with van der Waals surface area (Å²) in [6.07, 6.45) is 1.80. The standard InChI is InChI=1S/C25H30N4O3/c1-4-29-18(2)16-21(30)23(25(29)31)24(19-8-7-9-20(17-19)32-3)28-14-12-27(13-15-28)22-10-5-6-11-26-22/h5-11,16-17,24,30H,4,12-15H2,1-3H3/t24-/m0/s1. The first-order valence-electron chi connectivity index (χ1n) is 11.0. The average Bonchev–Trinajstić information content (AvgIpc) is 2.82. The zero-order valence-corrected chi connectivity index (χ0v) is 18.9. The van der Waals surface area contributed by atoms with Crippen molar-refractivity contribution in [3.8, 4) is 11.5 Å². The predicted octanol–water partition coefficient (Wildman–Crippen LogP) is 3.20. The van der Waals surface area contributed by atoms with Crippen molar-refractivity contribution in [1.29, 1.82) is 0 Å². The van der Waals surface area contributed by atoms with Crippen LogP contribution in [0.25, 0.3) is 0 Å². The van der Waals surface area contributed by atoms with Gasteiger partial charge in [-0.05, 0) is 49.7 Å². The highest BCUT2D eigenvalue weighted by molar-refractivity contribution is 5.44. The lowest BCUT2D eigenvalue weighted by Gasteiger charge is -2.40. The van der Waals surface area contributed by atoms with E-state index in [-0.39, 0.29) is 17.4 Å². The highest BCUT2D eigenvalue weighted by Gasteiger charge is 2.31. The van der Waals surface area contributed by atoms with Gasteiger partial charge in [-0.25, -0.2) is 4.98 Å². The number of aromatic nitrogens is 2. The van der Waals surface area contributed by atoms with Crippen molar-refractivity contribution in [1.82, 2.24) is 14.5 Å². The highest BCUT2D eigenvalue weighted by atomic mass is 16.5. The van der Waals surface area contributed by atoms with E-state index in [1.807, 2.05) is 56.3 Å². The van der Waals surface area contributed by atoms with Gasteiger partial charge in [-0.3, -0.25) is 9.69 Å². The fourth-order valence-corrected chi connectivity index (χ4v) is 4.54. The maximum absolute atomic E-state index is 13.5. The van der Waals surface area contributed by atoms with Gasteiger partial charge in [0.1, 0.15) is 17.3 Å². The molecule has 1 saturated heterocycles. The Labute approximate surface area is 188 Å². The Morgan fingerprint density at radius 2 is 1.88 bits per heavy atom. The molecular formula is C25H30N4O3. The van der Waals surface area contributed by atoms with Crippen molar-refractivity contribution in [2.75, 3.05) is 38.2 Å². The molecule has 1 fully saturated rings. The summed E-state index contributed by atoms with van der Waals surface area (Å²) >= 11 is 0. The van der Waals surface area contributed by atoms with E-state index < -0.39 is 0 Å². The molecule has 1 aliphatic heterocycles. The number of nitrogens with zero attached hydrogens (tertiary/aromatic N) is 4. The predicted molar refractivity (Wildman–Crippen MR) is 126 cm³/mol. The molecule has 0 spiro atoms. The highest BCUT2D eigenvalue weighted by Crippen LogP contribution is 2.35. The lowest BCUT2D eigenvalue weighted by Crippen LogP contribution is -2.49. The van der Waals surface area contributed by atoms with Gasteiger partial charge in [0.05, 0.1) is 18.7 Å². The number of hydrogen-bond donors (Lipinski definition) is 1. The molecule has 0 saturated carbocycles. The second kappa shape index (κ2) is 9.44.